The lowest BCUT2D eigenvalue weighted by atomic mass is 9.98. The quantitative estimate of drug-likeness (QED) is 0.920. The maximum absolute atomic E-state index is 11.5. The molecule has 2 rings (SSSR count). The summed E-state index contributed by atoms with van der Waals surface area (Å²) in [5, 5.41) is 3.60. The van der Waals surface area contributed by atoms with Crippen molar-refractivity contribution in [1.29, 1.82) is 0 Å². The molecule has 0 radical (unpaired) electrons. The van der Waals surface area contributed by atoms with E-state index in [1.54, 1.807) is 0 Å². The van der Waals surface area contributed by atoms with E-state index < -0.39 is 9.84 Å². The average molecular weight is 296 g/mol. The first kappa shape index (κ1) is 15.3. The number of fused-ring (bicyclic) bond motifs is 1. The van der Waals surface area contributed by atoms with Crippen LogP contribution in [0.1, 0.15) is 25.8 Å². The van der Waals surface area contributed by atoms with Crippen molar-refractivity contribution in [2.24, 2.45) is 0 Å². The second-order valence-electron chi connectivity index (χ2n) is 5.95. The van der Waals surface area contributed by atoms with Crippen LogP contribution in [0.3, 0.4) is 0 Å². The number of benzene rings is 1. The second-order valence-corrected chi connectivity index (χ2v) is 8.21. The van der Waals surface area contributed by atoms with E-state index in [-0.39, 0.29) is 11.3 Å². The van der Waals surface area contributed by atoms with Gasteiger partial charge in [0, 0.05) is 37.1 Å². The van der Waals surface area contributed by atoms with E-state index in [2.05, 4.69) is 36.2 Å². The van der Waals surface area contributed by atoms with Gasteiger partial charge in [-0.1, -0.05) is 25.1 Å². The summed E-state index contributed by atoms with van der Waals surface area (Å²) < 4.78 is 22.9. The molecule has 1 aromatic carbocycles. The monoisotopic (exact) mass is 296 g/mol. The third-order valence-electron chi connectivity index (χ3n) is 4.09. The smallest absolute Gasteiger partial charge is 0.149 e. The highest BCUT2D eigenvalue weighted by molar-refractivity contribution is 7.90. The molecule has 0 saturated carbocycles. The van der Waals surface area contributed by atoms with Gasteiger partial charge in [-0.05, 0) is 25.0 Å². The molecule has 0 saturated heterocycles. The molecule has 1 aromatic rings. The van der Waals surface area contributed by atoms with E-state index in [0.717, 1.165) is 25.2 Å². The summed E-state index contributed by atoms with van der Waals surface area (Å²) in [7, 11) is -2.94. The van der Waals surface area contributed by atoms with Gasteiger partial charge in [0.2, 0.25) is 0 Å². The minimum absolute atomic E-state index is 0.0104. The molecule has 0 fully saturated rings. The Balaban J connectivity index is 2.29. The molecule has 1 atom stereocenters. The van der Waals surface area contributed by atoms with Crippen molar-refractivity contribution < 1.29 is 8.42 Å². The largest absolute Gasteiger partial charge is 0.368 e. The van der Waals surface area contributed by atoms with Gasteiger partial charge in [-0.15, -0.1) is 0 Å². The standard InChI is InChI=1S/C15H24N2O2S/c1-4-15(2)12-17(9-10-20(3,18)19)14-8-6-5-7-13(14)11-16-15/h5-8,16H,4,9-12H2,1-3H3. The van der Waals surface area contributed by atoms with Crippen LogP contribution in [0.4, 0.5) is 5.69 Å². The lowest BCUT2D eigenvalue weighted by molar-refractivity contribution is 0.350. The molecule has 0 aliphatic carbocycles. The number of nitrogens with zero attached hydrogens (tertiary/aromatic N) is 1. The third-order valence-corrected chi connectivity index (χ3v) is 5.01. The number of nitrogens with one attached hydrogen (secondary N) is 1. The SMILES string of the molecule is CCC1(C)CN(CCS(C)(=O)=O)c2ccccc2CN1. The molecule has 1 unspecified atom stereocenters. The zero-order valence-corrected chi connectivity index (χ0v) is 13.3. The lowest BCUT2D eigenvalue weighted by Crippen LogP contribution is -2.49. The van der Waals surface area contributed by atoms with E-state index >= 15 is 0 Å². The first-order valence-corrected chi connectivity index (χ1v) is 9.15. The van der Waals surface area contributed by atoms with Gasteiger partial charge in [0.25, 0.3) is 0 Å². The minimum atomic E-state index is -2.94. The van der Waals surface area contributed by atoms with Gasteiger partial charge in [-0.25, -0.2) is 8.42 Å². The van der Waals surface area contributed by atoms with Crippen molar-refractivity contribution in [1.82, 2.24) is 5.32 Å². The van der Waals surface area contributed by atoms with Crippen molar-refractivity contribution in [3.05, 3.63) is 29.8 Å². The Morgan fingerprint density at radius 3 is 2.70 bits per heavy atom. The molecule has 0 spiro atoms. The van der Waals surface area contributed by atoms with Crippen LogP contribution in [-0.2, 0) is 16.4 Å². The summed E-state index contributed by atoms with van der Waals surface area (Å²) in [4.78, 5) is 2.21. The molecule has 1 N–H and O–H groups in total. The minimum Gasteiger partial charge on any atom is -0.368 e. The van der Waals surface area contributed by atoms with Crippen LogP contribution in [0.15, 0.2) is 24.3 Å². The molecular formula is C15H24N2O2S. The predicted octanol–water partition coefficient (Wildman–Crippen LogP) is 1.81. The van der Waals surface area contributed by atoms with E-state index in [9.17, 15) is 8.42 Å². The van der Waals surface area contributed by atoms with Crippen molar-refractivity contribution >= 4 is 15.5 Å². The maximum Gasteiger partial charge on any atom is 0.149 e. The number of anilines is 1. The Bertz CT molecular complexity index is 571. The van der Waals surface area contributed by atoms with Gasteiger partial charge in [0.05, 0.1) is 5.75 Å². The van der Waals surface area contributed by atoms with Crippen LogP contribution < -0.4 is 10.2 Å². The molecular weight excluding hydrogens is 272 g/mol. The van der Waals surface area contributed by atoms with Crippen LogP contribution in [0.2, 0.25) is 0 Å². The van der Waals surface area contributed by atoms with Crippen molar-refractivity contribution in [2.75, 3.05) is 30.0 Å². The molecule has 5 heteroatoms. The normalized spacial score (nSPS) is 23.2. The lowest BCUT2D eigenvalue weighted by Gasteiger charge is -2.34. The fraction of sp³-hybridized carbons (Fsp3) is 0.600. The van der Waals surface area contributed by atoms with Gasteiger partial charge in [0.15, 0.2) is 0 Å². The number of rotatable bonds is 4. The summed E-state index contributed by atoms with van der Waals surface area (Å²) in [5.41, 5.74) is 2.40. The fourth-order valence-electron chi connectivity index (χ4n) is 2.55. The molecule has 1 heterocycles. The van der Waals surface area contributed by atoms with E-state index in [1.165, 1.54) is 11.8 Å². The Labute approximate surface area is 122 Å². The Morgan fingerprint density at radius 2 is 2.05 bits per heavy atom. The highest BCUT2D eigenvalue weighted by Crippen LogP contribution is 2.27. The molecule has 0 amide bonds. The predicted molar refractivity (Wildman–Crippen MR) is 83.9 cm³/mol. The fourth-order valence-corrected chi connectivity index (χ4v) is 3.10. The topological polar surface area (TPSA) is 49.4 Å². The third kappa shape index (κ3) is 3.73. The van der Waals surface area contributed by atoms with E-state index in [4.69, 9.17) is 0 Å². The Morgan fingerprint density at radius 1 is 1.35 bits per heavy atom. The highest BCUT2D eigenvalue weighted by Gasteiger charge is 2.29. The number of hydrogen-bond donors (Lipinski definition) is 1. The van der Waals surface area contributed by atoms with Crippen LogP contribution in [-0.4, -0.2) is 39.1 Å². The number of sulfone groups is 1. The Kier molecular flexibility index (Phi) is 4.39. The molecule has 0 aromatic heterocycles. The maximum atomic E-state index is 11.5. The first-order valence-electron chi connectivity index (χ1n) is 7.08. The molecule has 0 bridgehead atoms. The molecule has 1 aliphatic heterocycles. The summed E-state index contributed by atoms with van der Waals surface area (Å²) >= 11 is 0. The first-order chi connectivity index (χ1) is 9.33. The molecule has 112 valence electrons. The van der Waals surface area contributed by atoms with E-state index in [1.807, 2.05) is 12.1 Å². The summed E-state index contributed by atoms with van der Waals surface area (Å²) in [5.74, 6) is 0.196. The van der Waals surface area contributed by atoms with Crippen LogP contribution in [0.25, 0.3) is 0 Å². The average Bonchev–Trinajstić information content (AvgIpc) is 2.54. The summed E-state index contributed by atoms with van der Waals surface area (Å²) in [6.07, 6.45) is 2.31. The van der Waals surface area contributed by atoms with Gasteiger partial charge in [0.1, 0.15) is 9.84 Å². The van der Waals surface area contributed by atoms with Crippen molar-refractivity contribution in [2.45, 2.75) is 32.4 Å². The zero-order chi connectivity index (χ0) is 14.8. The summed E-state index contributed by atoms with van der Waals surface area (Å²) in [6, 6.07) is 8.24. The molecule has 1 aliphatic rings. The summed E-state index contributed by atoms with van der Waals surface area (Å²) in [6.45, 7) is 6.57. The van der Waals surface area contributed by atoms with Gasteiger partial charge < -0.3 is 10.2 Å². The van der Waals surface area contributed by atoms with Crippen molar-refractivity contribution in [3.8, 4) is 0 Å². The van der Waals surface area contributed by atoms with E-state index in [0.29, 0.717) is 6.54 Å². The molecule has 20 heavy (non-hydrogen) atoms. The second kappa shape index (κ2) is 5.74. The van der Waals surface area contributed by atoms with Crippen LogP contribution >= 0.6 is 0 Å². The van der Waals surface area contributed by atoms with Gasteiger partial charge >= 0.3 is 0 Å². The van der Waals surface area contributed by atoms with Crippen LogP contribution in [0, 0.1) is 0 Å². The van der Waals surface area contributed by atoms with Gasteiger partial charge in [-0.3, -0.25) is 0 Å². The van der Waals surface area contributed by atoms with Crippen LogP contribution in [0.5, 0.6) is 0 Å². The molecule has 4 nitrogen and oxygen atoms in total. The van der Waals surface area contributed by atoms with Crippen molar-refractivity contribution in [3.63, 3.8) is 0 Å². The Hall–Kier alpha value is -1.07. The number of para-hydroxylation sites is 1. The zero-order valence-electron chi connectivity index (χ0n) is 12.5. The highest BCUT2D eigenvalue weighted by atomic mass is 32.2. The van der Waals surface area contributed by atoms with Gasteiger partial charge in [-0.2, -0.15) is 0 Å². The number of hydrogen-bond acceptors (Lipinski definition) is 4.